The molecule has 0 radical (unpaired) electrons. The second kappa shape index (κ2) is 9.57. The number of sulfonamides is 1. The van der Waals surface area contributed by atoms with Crippen LogP contribution in [0.15, 0.2) is 83.8 Å². The number of rotatable bonds is 8. The fraction of sp³-hybridized carbons (Fsp3) is 0.136. The smallest absolute Gasteiger partial charge is 0.387 e. The zero-order chi connectivity index (χ0) is 22.4. The first kappa shape index (κ1) is 22.2. The standard InChI is InChI=1S/C22H20F2N2O4S/c1-26(15-16-7-13-19(14-8-16)30-22(23)24)21(27)17-9-11-18(12-10-17)25-31(28,29)20-5-3-2-4-6-20/h2-14,22,25H,15H2,1H3. The summed E-state index contributed by atoms with van der Waals surface area (Å²) < 4.78 is 56.0. The van der Waals surface area contributed by atoms with E-state index < -0.39 is 16.6 Å². The van der Waals surface area contributed by atoms with Gasteiger partial charge in [-0.2, -0.15) is 8.78 Å². The molecule has 0 aliphatic heterocycles. The molecule has 3 rings (SSSR count). The van der Waals surface area contributed by atoms with E-state index in [-0.39, 0.29) is 23.1 Å². The van der Waals surface area contributed by atoms with Crippen LogP contribution in [0.3, 0.4) is 0 Å². The molecule has 1 amide bonds. The molecule has 6 nitrogen and oxygen atoms in total. The van der Waals surface area contributed by atoms with Gasteiger partial charge >= 0.3 is 6.61 Å². The molecule has 9 heteroatoms. The third-order valence-corrected chi connectivity index (χ3v) is 5.75. The van der Waals surface area contributed by atoms with Crippen molar-refractivity contribution in [2.24, 2.45) is 0 Å². The number of ether oxygens (including phenoxy) is 1. The zero-order valence-corrected chi connectivity index (χ0v) is 17.4. The minimum Gasteiger partial charge on any atom is -0.435 e. The van der Waals surface area contributed by atoms with Crippen molar-refractivity contribution in [3.05, 3.63) is 90.0 Å². The first-order valence-electron chi connectivity index (χ1n) is 9.22. The number of anilines is 1. The normalized spacial score (nSPS) is 11.2. The SMILES string of the molecule is CN(Cc1ccc(OC(F)F)cc1)C(=O)c1ccc(NS(=O)(=O)c2ccccc2)cc1. The number of nitrogens with zero attached hydrogens (tertiary/aromatic N) is 1. The second-order valence-electron chi connectivity index (χ2n) is 6.68. The van der Waals surface area contributed by atoms with E-state index in [4.69, 9.17) is 0 Å². The minimum atomic E-state index is -3.72. The van der Waals surface area contributed by atoms with Crippen molar-refractivity contribution >= 4 is 21.6 Å². The molecule has 3 aromatic rings. The lowest BCUT2D eigenvalue weighted by Crippen LogP contribution is -2.26. The highest BCUT2D eigenvalue weighted by Gasteiger charge is 2.15. The van der Waals surface area contributed by atoms with Crippen molar-refractivity contribution in [2.45, 2.75) is 18.1 Å². The monoisotopic (exact) mass is 446 g/mol. The lowest BCUT2D eigenvalue weighted by molar-refractivity contribution is -0.0498. The fourth-order valence-electron chi connectivity index (χ4n) is 2.84. The number of hydrogen-bond donors (Lipinski definition) is 1. The third kappa shape index (κ3) is 6.02. The number of amides is 1. The Kier molecular flexibility index (Phi) is 6.86. The van der Waals surface area contributed by atoms with E-state index in [1.807, 2.05) is 0 Å². The molecule has 0 aromatic heterocycles. The maximum atomic E-state index is 12.6. The van der Waals surface area contributed by atoms with E-state index in [1.165, 1.54) is 53.4 Å². The van der Waals surface area contributed by atoms with Gasteiger partial charge in [0.15, 0.2) is 0 Å². The Balaban J connectivity index is 1.63. The highest BCUT2D eigenvalue weighted by molar-refractivity contribution is 7.92. The van der Waals surface area contributed by atoms with Gasteiger partial charge in [-0.1, -0.05) is 30.3 Å². The zero-order valence-electron chi connectivity index (χ0n) is 16.5. The van der Waals surface area contributed by atoms with E-state index in [9.17, 15) is 22.0 Å². The Labute approximate surface area is 179 Å². The molecule has 0 bridgehead atoms. The number of carbonyl (C=O) groups excluding carboxylic acids is 1. The molecule has 31 heavy (non-hydrogen) atoms. The number of carbonyl (C=O) groups is 1. The number of alkyl halides is 2. The van der Waals surface area contributed by atoms with Crippen molar-refractivity contribution in [1.82, 2.24) is 4.90 Å². The van der Waals surface area contributed by atoms with Gasteiger partial charge in [0.05, 0.1) is 4.90 Å². The first-order valence-corrected chi connectivity index (χ1v) is 10.7. The number of nitrogens with one attached hydrogen (secondary N) is 1. The third-order valence-electron chi connectivity index (χ3n) is 4.35. The predicted molar refractivity (Wildman–Crippen MR) is 113 cm³/mol. The lowest BCUT2D eigenvalue weighted by atomic mass is 10.1. The van der Waals surface area contributed by atoms with Gasteiger partial charge in [-0.25, -0.2) is 8.42 Å². The maximum absolute atomic E-state index is 12.6. The molecule has 0 spiro atoms. The molecule has 0 unspecified atom stereocenters. The average molecular weight is 446 g/mol. The van der Waals surface area contributed by atoms with Gasteiger partial charge < -0.3 is 9.64 Å². The summed E-state index contributed by atoms with van der Waals surface area (Å²) in [7, 11) is -2.11. The Hall–Kier alpha value is -3.46. The molecule has 3 aromatic carbocycles. The van der Waals surface area contributed by atoms with Gasteiger partial charge in [0.25, 0.3) is 15.9 Å². The molecular formula is C22H20F2N2O4S. The summed E-state index contributed by atoms with van der Waals surface area (Å²) in [6, 6.07) is 20.1. The fourth-order valence-corrected chi connectivity index (χ4v) is 3.92. The van der Waals surface area contributed by atoms with Crippen LogP contribution in [0.5, 0.6) is 5.75 Å². The second-order valence-corrected chi connectivity index (χ2v) is 8.36. The van der Waals surface area contributed by atoms with Crippen molar-refractivity contribution in [3.63, 3.8) is 0 Å². The van der Waals surface area contributed by atoms with Gasteiger partial charge in [-0.3, -0.25) is 9.52 Å². The van der Waals surface area contributed by atoms with Crippen LogP contribution in [0.4, 0.5) is 14.5 Å². The Bertz CT molecular complexity index is 1120. The van der Waals surface area contributed by atoms with E-state index in [0.717, 1.165) is 5.56 Å². The van der Waals surface area contributed by atoms with Crippen LogP contribution < -0.4 is 9.46 Å². The van der Waals surface area contributed by atoms with E-state index in [0.29, 0.717) is 11.3 Å². The summed E-state index contributed by atoms with van der Waals surface area (Å²) in [4.78, 5) is 14.2. The minimum absolute atomic E-state index is 0.0428. The summed E-state index contributed by atoms with van der Waals surface area (Å²) in [6.07, 6.45) is 0. The summed E-state index contributed by atoms with van der Waals surface area (Å²) in [5.74, 6) is -0.230. The molecule has 0 saturated heterocycles. The van der Waals surface area contributed by atoms with Gasteiger partial charge in [0.1, 0.15) is 5.75 Å². The molecule has 0 atom stereocenters. The number of halogens is 2. The van der Waals surface area contributed by atoms with Crippen LogP contribution in [0.2, 0.25) is 0 Å². The van der Waals surface area contributed by atoms with Gasteiger partial charge in [0.2, 0.25) is 0 Å². The lowest BCUT2D eigenvalue weighted by Gasteiger charge is -2.18. The van der Waals surface area contributed by atoms with Crippen LogP contribution in [0, 0.1) is 0 Å². The van der Waals surface area contributed by atoms with Crippen LogP contribution in [-0.4, -0.2) is 32.9 Å². The first-order chi connectivity index (χ1) is 14.7. The number of benzene rings is 3. The summed E-state index contributed by atoms with van der Waals surface area (Å²) in [5, 5.41) is 0. The summed E-state index contributed by atoms with van der Waals surface area (Å²) in [5.41, 5.74) is 1.45. The van der Waals surface area contributed by atoms with Crippen LogP contribution in [0.25, 0.3) is 0 Å². The van der Waals surface area contributed by atoms with Crippen LogP contribution in [0.1, 0.15) is 15.9 Å². The summed E-state index contributed by atoms with van der Waals surface area (Å²) in [6.45, 7) is -2.63. The van der Waals surface area contributed by atoms with Crippen molar-refractivity contribution in [3.8, 4) is 5.75 Å². The maximum Gasteiger partial charge on any atom is 0.387 e. The van der Waals surface area contributed by atoms with Crippen molar-refractivity contribution in [2.75, 3.05) is 11.8 Å². The van der Waals surface area contributed by atoms with E-state index in [1.54, 1.807) is 37.4 Å². The highest BCUT2D eigenvalue weighted by atomic mass is 32.2. The Morgan fingerprint density at radius 1 is 0.968 bits per heavy atom. The highest BCUT2D eigenvalue weighted by Crippen LogP contribution is 2.19. The quantitative estimate of drug-likeness (QED) is 0.558. The molecule has 0 aliphatic rings. The largest absolute Gasteiger partial charge is 0.435 e. The molecule has 0 aliphatic carbocycles. The molecule has 0 saturated carbocycles. The number of hydrogen-bond acceptors (Lipinski definition) is 4. The van der Waals surface area contributed by atoms with Crippen molar-refractivity contribution < 1.29 is 26.7 Å². The van der Waals surface area contributed by atoms with Gasteiger partial charge in [-0.05, 0) is 54.1 Å². The molecule has 0 heterocycles. The van der Waals surface area contributed by atoms with E-state index >= 15 is 0 Å². The van der Waals surface area contributed by atoms with Gasteiger partial charge in [0, 0.05) is 24.8 Å². The van der Waals surface area contributed by atoms with E-state index in [2.05, 4.69) is 9.46 Å². The average Bonchev–Trinajstić information content (AvgIpc) is 2.75. The molecule has 162 valence electrons. The van der Waals surface area contributed by atoms with Crippen LogP contribution >= 0.6 is 0 Å². The topological polar surface area (TPSA) is 75.7 Å². The molecule has 0 fully saturated rings. The molecular weight excluding hydrogens is 426 g/mol. The van der Waals surface area contributed by atoms with Crippen LogP contribution in [-0.2, 0) is 16.6 Å². The Morgan fingerprint density at radius 2 is 1.58 bits per heavy atom. The summed E-state index contributed by atoms with van der Waals surface area (Å²) >= 11 is 0. The predicted octanol–water partition coefficient (Wildman–Crippen LogP) is 4.36. The molecule has 1 N–H and O–H groups in total. The van der Waals surface area contributed by atoms with Crippen molar-refractivity contribution in [1.29, 1.82) is 0 Å². The Morgan fingerprint density at radius 3 is 2.16 bits per heavy atom. The van der Waals surface area contributed by atoms with Gasteiger partial charge in [-0.15, -0.1) is 0 Å².